The van der Waals surface area contributed by atoms with Crippen LogP contribution in [0.3, 0.4) is 0 Å². The van der Waals surface area contributed by atoms with E-state index in [1.165, 1.54) is 5.56 Å². The molecule has 2 aromatic rings. The summed E-state index contributed by atoms with van der Waals surface area (Å²) in [6.07, 6.45) is -0.595. The zero-order chi connectivity index (χ0) is 15.1. The van der Waals surface area contributed by atoms with E-state index in [9.17, 15) is 5.11 Å². The first kappa shape index (κ1) is 15.5. The molecule has 0 aliphatic carbocycles. The standard InChI is InChI=1S/C18H22O3/c1-14-8-9-17(15(2)12-14)18(19)13-20-10-11-21-16-6-4-3-5-7-16/h3-9,12,18-19H,10-11,13H2,1-2H3. The zero-order valence-electron chi connectivity index (χ0n) is 12.6. The van der Waals surface area contributed by atoms with Crippen molar-refractivity contribution in [2.75, 3.05) is 19.8 Å². The van der Waals surface area contributed by atoms with E-state index in [0.717, 1.165) is 16.9 Å². The van der Waals surface area contributed by atoms with Crippen LogP contribution in [0.5, 0.6) is 5.75 Å². The van der Waals surface area contributed by atoms with Crippen LogP contribution in [0.1, 0.15) is 22.8 Å². The second-order valence-electron chi connectivity index (χ2n) is 5.11. The van der Waals surface area contributed by atoms with E-state index in [4.69, 9.17) is 9.47 Å². The lowest BCUT2D eigenvalue weighted by atomic mass is 10.0. The number of aliphatic hydroxyl groups is 1. The van der Waals surface area contributed by atoms with E-state index < -0.39 is 6.10 Å². The Bertz CT molecular complexity index is 552. The van der Waals surface area contributed by atoms with Gasteiger partial charge in [-0.25, -0.2) is 0 Å². The molecule has 1 N–H and O–H groups in total. The fourth-order valence-corrected chi connectivity index (χ4v) is 2.22. The Kier molecular flexibility index (Phi) is 5.78. The molecule has 2 rings (SSSR count). The molecule has 0 amide bonds. The summed E-state index contributed by atoms with van der Waals surface area (Å²) in [7, 11) is 0. The van der Waals surface area contributed by atoms with Crippen molar-refractivity contribution in [3.05, 3.63) is 65.2 Å². The van der Waals surface area contributed by atoms with Crippen LogP contribution < -0.4 is 4.74 Å². The molecule has 0 aromatic heterocycles. The zero-order valence-corrected chi connectivity index (χ0v) is 12.6. The molecule has 0 bridgehead atoms. The average Bonchev–Trinajstić information content (AvgIpc) is 2.47. The molecule has 1 atom stereocenters. The Balaban J connectivity index is 1.71. The third kappa shape index (κ3) is 4.88. The summed E-state index contributed by atoms with van der Waals surface area (Å²) in [5.74, 6) is 0.830. The van der Waals surface area contributed by atoms with Gasteiger partial charge in [-0.05, 0) is 37.1 Å². The van der Waals surface area contributed by atoms with Gasteiger partial charge in [0, 0.05) is 0 Å². The van der Waals surface area contributed by atoms with E-state index >= 15 is 0 Å². The molecule has 0 saturated heterocycles. The fourth-order valence-electron chi connectivity index (χ4n) is 2.22. The lowest BCUT2D eigenvalue weighted by Crippen LogP contribution is -2.13. The summed E-state index contributed by atoms with van der Waals surface area (Å²) in [5, 5.41) is 10.1. The Morgan fingerprint density at radius 2 is 1.76 bits per heavy atom. The van der Waals surface area contributed by atoms with Crippen LogP contribution in [-0.2, 0) is 4.74 Å². The largest absolute Gasteiger partial charge is 0.491 e. The van der Waals surface area contributed by atoms with Crippen molar-refractivity contribution in [3.63, 3.8) is 0 Å². The predicted molar refractivity (Wildman–Crippen MR) is 83.6 cm³/mol. The summed E-state index contributed by atoms with van der Waals surface area (Å²) in [6.45, 7) is 5.26. The van der Waals surface area contributed by atoms with E-state index in [2.05, 4.69) is 6.07 Å². The van der Waals surface area contributed by atoms with Crippen LogP contribution in [0.4, 0.5) is 0 Å². The summed E-state index contributed by atoms with van der Waals surface area (Å²) in [5.41, 5.74) is 3.21. The summed E-state index contributed by atoms with van der Waals surface area (Å²) in [6, 6.07) is 15.7. The average molecular weight is 286 g/mol. The van der Waals surface area contributed by atoms with Crippen molar-refractivity contribution in [3.8, 4) is 5.75 Å². The second-order valence-corrected chi connectivity index (χ2v) is 5.11. The van der Waals surface area contributed by atoms with Crippen molar-refractivity contribution in [1.82, 2.24) is 0 Å². The van der Waals surface area contributed by atoms with Crippen LogP contribution in [0.2, 0.25) is 0 Å². The molecule has 3 heteroatoms. The van der Waals surface area contributed by atoms with Gasteiger partial charge in [-0.2, -0.15) is 0 Å². The van der Waals surface area contributed by atoms with E-state index in [1.807, 2.05) is 56.3 Å². The Morgan fingerprint density at radius 3 is 2.48 bits per heavy atom. The molecule has 0 spiro atoms. The topological polar surface area (TPSA) is 38.7 Å². The first-order chi connectivity index (χ1) is 10.2. The third-order valence-electron chi connectivity index (χ3n) is 3.30. The highest BCUT2D eigenvalue weighted by atomic mass is 16.5. The number of hydrogen-bond acceptors (Lipinski definition) is 3. The van der Waals surface area contributed by atoms with Crippen molar-refractivity contribution in [2.24, 2.45) is 0 Å². The maximum atomic E-state index is 10.1. The number of hydrogen-bond donors (Lipinski definition) is 1. The first-order valence-electron chi connectivity index (χ1n) is 7.17. The van der Waals surface area contributed by atoms with Gasteiger partial charge in [0.05, 0.1) is 13.2 Å². The normalized spacial score (nSPS) is 12.1. The van der Waals surface area contributed by atoms with E-state index in [0.29, 0.717) is 13.2 Å². The smallest absolute Gasteiger partial charge is 0.119 e. The second kappa shape index (κ2) is 7.81. The van der Waals surface area contributed by atoms with E-state index in [-0.39, 0.29) is 6.61 Å². The predicted octanol–water partition coefficient (Wildman–Crippen LogP) is 3.43. The molecule has 2 aromatic carbocycles. The van der Waals surface area contributed by atoms with Crippen LogP contribution >= 0.6 is 0 Å². The van der Waals surface area contributed by atoms with Gasteiger partial charge in [-0.3, -0.25) is 0 Å². The molecular formula is C18H22O3. The number of ether oxygens (including phenoxy) is 2. The van der Waals surface area contributed by atoms with Crippen molar-refractivity contribution in [2.45, 2.75) is 20.0 Å². The van der Waals surface area contributed by atoms with Gasteiger partial charge >= 0.3 is 0 Å². The molecule has 21 heavy (non-hydrogen) atoms. The summed E-state index contributed by atoms with van der Waals surface area (Å²) < 4.78 is 11.0. The first-order valence-corrected chi connectivity index (χ1v) is 7.17. The van der Waals surface area contributed by atoms with Gasteiger partial charge in [-0.15, -0.1) is 0 Å². The van der Waals surface area contributed by atoms with Gasteiger partial charge < -0.3 is 14.6 Å². The minimum Gasteiger partial charge on any atom is -0.491 e. The highest BCUT2D eigenvalue weighted by molar-refractivity contribution is 5.32. The third-order valence-corrected chi connectivity index (χ3v) is 3.30. The van der Waals surface area contributed by atoms with E-state index in [1.54, 1.807) is 0 Å². The minimum absolute atomic E-state index is 0.280. The van der Waals surface area contributed by atoms with Crippen molar-refractivity contribution >= 4 is 0 Å². The van der Waals surface area contributed by atoms with Gasteiger partial charge in [0.15, 0.2) is 0 Å². The van der Waals surface area contributed by atoms with Crippen molar-refractivity contribution < 1.29 is 14.6 Å². The lowest BCUT2D eigenvalue weighted by Gasteiger charge is -2.15. The number of para-hydroxylation sites is 1. The molecule has 0 heterocycles. The maximum Gasteiger partial charge on any atom is 0.119 e. The fraction of sp³-hybridized carbons (Fsp3) is 0.333. The molecule has 0 aliphatic rings. The van der Waals surface area contributed by atoms with Crippen LogP contribution in [-0.4, -0.2) is 24.9 Å². The molecular weight excluding hydrogens is 264 g/mol. The summed E-state index contributed by atoms with van der Waals surface area (Å²) in [4.78, 5) is 0. The van der Waals surface area contributed by atoms with Gasteiger partial charge in [0.25, 0.3) is 0 Å². The number of aliphatic hydroxyl groups excluding tert-OH is 1. The molecule has 112 valence electrons. The molecule has 1 unspecified atom stereocenters. The number of aryl methyl sites for hydroxylation is 2. The monoisotopic (exact) mass is 286 g/mol. The van der Waals surface area contributed by atoms with Crippen LogP contribution in [0.25, 0.3) is 0 Å². The summed E-state index contributed by atoms with van der Waals surface area (Å²) >= 11 is 0. The number of benzene rings is 2. The highest BCUT2D eigenvalue weighted by Gasteiger charge is 2.10. The number of rotatable bonds is 7. The minimum atomic E-state index is -0.595. The van der Waals surface area contributed by atoms with Crippen LogP contribution in [0, 0.1) is 13.8 Å². The quantitative estimate of drug-likeness (QED) is 0.793. The molecule has 3 nitrogen and oxygen atoms in total. The van der Waals surface area contributed by atoms with Crippen LogP contribution in [0.15, 0.2) is 48.5 Å². The SMILES string of the molecule is Cc1ccc(C(O)COCCOc2ccccc2)c(C)c1. The Morgan fingerprint density at radius 1 is 1.00 bits per heavy atom. The molecule has 0 aliphatic heterocycles. The molecule has 0 saturated carbocycles. The van der Waals surface area contributed by atoms with Gasteiger partial charge in [-0.1, -0.05) is 42.0 Å². The highest BCUT2D eigenvalue weighted by Crippen LogP contribution is 2.19. The molecule has 0 fully saturated rings. The van der Waals surface area contributed by atoms with Crippen molar-refractivity contribution in [1.29, 1.82) is 0 Å². The Labute approximate surface area is 126 Å². The van der Waals surface area contributed by atoms with Gasteiger partial charge in [0.1, 0.15) is 18.5 Å². The van der Waals surface area contributed by atoms with Gasteiger partial charge in [0.2, 0.25) is 0 Å². The molecule has 0 radical (unpaired) electrons. The Hall–Kier alpha value is -1.84. The maximum absolute atomic E-state index is 10.1. The lowest BCUT2D eigenvalue weighted by molar-refractivity contribution is 0.0237.